The molecule has 3 N–H and O–H groups in total. The van der Waals surface area contributed by atoms with Crippen molar-refractivity contribution in [3.05, 3.63) is 76.8 Å². The molecule has 2 aliphatic rings. The Bertz CT molecular complexity index is 1570. The normalized spacial score (nSPS) is 20.5. The number of amidine groups is 1. The second-order valence-corrected chi connectivity index (χ2v) is 11.5. The number of rotatable bonds is 4. The van der Waals surface area contributed by atoms with Gasteiger partial charge in [-0.25, -0.2) is 14.4 Å². The smallest absolute Gasteiger partial charge is 0.246 e. The number of nitrogen functional groups attached to an aromatic ring is 1. The van der Waals surface area contributed by atoms with Crippen molar-refractivity contribution < 1.29 is 14.3 Å². The number of anilines is 3. The monoisotopic (exact) mass is 591 g/mol. The lowest BCUT2D eigenvalue weighted by Crippen LogP contribution is -2.60. The van der Waals surface area contributed by atoms with Gasteiger partial charge in [0.15, 0.2) is 0 Å². The van der Waals surface area contributed by atoms with Gasteiger partial charge in [-0.15, -0.1) is 0 Å². The highest BCUT2D eigenvalue weighted by atomic mass is 35.5. The van der Waals surface area contributed by atoms with Gasteiger partial charge in [0.25, 0.3) is 0 Å². The van der Waals surface area contributed by atoms with Crippen LogP contribution in [0.4, 0.5) is 21.6 Å². The second kappa shape index (κ2) is 11.3. The minimum Gasteiger partial charge on any atom is -0.398 e. The number of carbonyl (C=O) groups excluding carboxylic acids is 1. The van der Waals surface area contributed by atoms with E-state index >= 15 is 4.39 Å². The van der Waals surface area contributed by atoms with Crippen LogP contribution in [0.3, 0.4) is 0 Å². The summed E-state index contributed by atoms with van der Waals surface area (Å²) in [5.74, 6) is 0.139. The summed E-state index contributed by atoms with van der Waals surface area (Å²) in [7, 11) is 0. The van der Waals surface area contributed by atoms with Crippen molar-refractivity contribution in [1.82, 2.24) is 19.8 Å². The molecule has 220 valence electrons. The average Bonchev–Trinajstić information content (AvgIpc) is 2.94. The Balaban J connectivity index is 1.74. The minimum absolute atomic E-state index is 0.0197. The highest BCUT2D eigenvalue weighted by Crippen LogP contribution is 2.43. The number of nitrogens with two attached hydrogens (primary N) is 1. The average molecular weight is 592 g/mol. The maximum absolute atomic E-state index is 15.1. The van der Waals surface area contributed by atoms with Crippen molar-refractivity contribution in [3.63, 3.8) is 0 Å². The second-order valence-electron chi connectivity index (χ2n) is 11.1. The van der Waals surface area contributed by atoms with E-state index in [1.54, 1.807) is 28.1 Å². The van der Waals surface area contributed by atoms with Gasteiger partial charge >= 0.3 is 0 Å². The molecule has 0 bridgehead atoms. The molecule has 4 heterocycles. The van der Waals surface area contributed by atoms with Crippen LogP contribution in [0.1, 0.15) is 50.4 Å². The molecule has 9 nitrogen and oxygen atoms in total. The number of carbonyl (C=O) groups is 1. The van der Waals surface area contributed by atoms with E-state index < -0.39 is 12.2 Å². The molecule has 3 atom stereocenters. The van der Waals surface area contributed by atoms with Gasteiger partial charge in [-0.3, -0.25) is 14.7 Å². The van der Waals surface area contributed by atoms with Crippen molar-refractivity contribution in [1.29, 1.82) is 0 Å². The summed E-state index contributed by atoms with van der Waals surface area (Å²) >= 11 is 6.82. The molecule has 1 saturated heterocycles. The fourth-order valence-corrected chi connectivity index (χ4v) is 5.99. The van der Waals surface area contributed by atoms with Crippen LogP contribution in [0.15, 0.2) is 54.2 Å². The van der Waals surface area contributed by atoms with E-state index in [4.69, 9.17) is 27.3 Å². The van der Waals surface area contributed by atoms with Crippen molar-refractivity contribution in [2.45, 2.75) is 59.0 Å². The van der Waals surface area contributed by atoms with Gasteiger partial charge in [-0.2, -0.15) is 0 Å². The van der Waals surface area contributed by atoms with Crippen LogP contribution in [0.25, 0.3) is 11.3 Å². The number of piperazine rings is 1. The fraction of sp³-hybridized carbons (Fsp3) is 0.355. The molecule has 42 heavy (non-hydrogen) atoms. The summed E-state index contributed by atoms with van der Waals surface area (Å²) < 4.78 is 15.1. The van der Waals surface area contributed by atoms with Crippen molar-refractivity contribution in [2.24, 2.45) is 4.99 Å². The molecule has 1 fully saturated rings. The van der Waals surface area contributed by atoms with E-state index in [0.29, 0.717) is 36.0 Å². The molecule has 11 heteroatoms. The van der Waals surface area contributed by atoms with E-state index in [-0.39, 0.29) is 45.9 Å². The van der Waals surface area contributed by atoms with Gasteiger partial charge < -0.3 is 20.6 Å². The van der Waals surface area contributed by atoms with Gasteiger partial charge in [0.2, 0.25) is 12.3 Å². The van der Waals surface area contributed by atoms with Crippen LogP contribution in [0.2, 0.25) is 5.02 Å². The van der Waals surface area contributed by atoms with Crippen LogP contribution in [-0.2, 0) is 4.79 Å². The lowest BCUT2D eigenvalue weighted by molar-refractivity contribution is -0.130. The molecule has 0 radical (unpaired) electrons. The lowest BCUT2D eigenvalue weighted by Gasteiger charge is -2.47. The number of benzene rings is 1. The number of aromatic nitrogens is 2. The summed E-state index contributed by atoms with van der Waals surface area (Å²) in [6.07, 6.45) is 1.67. The van der Waals surface area contributed by atoms with Crippen LogP contribution in [0.5, 0.6) is 0 Å². The Hall–Kier alpha value is -4.02. The third kappa shape index (κ3) is 4.98. The maximum atomic E-state index is 15.1. The van der Waals surface area contributed by atoms with Crippen molar-refractivity contribution in [3.8, 4) is 11.3 Å². The molecule has 0 spiro atoms. The summed E-state index contributed by atoms with van der Waals surface area (Å²) in [4.78, 5) is 32.2. The molecular weight excluding hydrogens is 557 g/mol. The van der Waals surface area contributed by atoms with Gasteiger partial charge in [-0.1, -0.05) is 38.1 Å². The van der Waals surface area contributed by atoms with Gasteiger partial charge in [0.1, 0.15) is 17.5 Å². The molecule has 0 saturated carbocycles. The molecule has 1 aromatic carbocycles. The van der Waals surface area contributed by atoms with Crippen LogP contribution < -0.4 is 10.6 Å². The molecule has 2 aromatic heterocycles. The summed E-state index contributed by atoms with van der Waals surface area (Å²) in [6.45, 7) is 14.4. The molecular formula is C31H35ClFN7O2. The largest absolute Gasteiger partial charge is 0.398 e. The summed E-state index contributed by atoms with van der Waals surface area (Å²) in [5.41, 5.74) is 9.45. The van der Waals surface area contributed by atoms with Gasteiger partial charge in [0, 0.05) is 37.1 Å². The number of halogens is 2. The predicted octanol–water partition coefficient (Wildman–Crippen LogP) is 5.23. The molecule has 5 rings (SSSR count). The van der Waals surface area contributed by atoms with Crippen LogP contribution in [-0.4, -0.2) is 68.1 Å². The Morgan fingerprint density at radius 2 is 1.98 bits per heavy atom. The number of aliphatic hydroxyl groups is 1. The Kier molecular flexibility index (Phi) is 7.96. The molecule has 3 aromatic rings. The van der Waals surface area contributed by atoms with E-state index in [9.17, 15) is 9.90 Å². The predicted molar refractivity (Wildman–Crippen MR) is 164 cm³/mol. The number of amides is 1. The van der Waals surface area contributed by atoms with Crippen LogP contribution in [0, 0.1) is 12.7 Å². The van der Waals surface area contributed by atoms with Crippen molar-refractivity contribution >= 4 is 40.5 Å². The Labute approximate surface area is 250 Å². The van der Waals surface area contributed by atoms with E-state index in [0.717, 1.165) is 11.3 Å². The number of hydrogen-bond donors (Lipinski definition) is 2. The zero-order chi connectivity index (χ0) is 30.5. The number of aliphatic imine (C=N–C) groups is 1. The number of nitrogens with zero attached hydrogens (tertiary/aromatic N) is 6. The third-order valence-corrected chi connectivity index (χ3v) is 8.12. The zero-order valence-corrected chi connectivity index (χ0v) is 25.1. The fourth-order valence-electron chi connectivity index (χ4n) is 5.74. The van der Waals surface area contributed by atoms with Gasteiger partial charge in [0.05, 0.1) is 33.2 Å². The molecule has 2 aliphatic heterocycles. The quantitative estimate of drug-likeness (QED) is 0.316. The SMILES string of the molecule is C=CC(=O)N1CC(C)N(C2=NC(O)N(c3c(C)ccnc3C(C)C)c3nc(-c4c(N)cccc4F)c(Cl)cc32)CC1C. The number of fused-ring (bicyclic) bond motifs is 1. The first-order valence-corrected chi connectivity index (χ1v) is 14.3. The Morgan fingerprint density at radius 3 is 2.64 bits per heavy atom. The van der Waals surface area contributed by atoms with Crippen LogP contribution >= 0.6 is 11.6 Å². The number of aliphatic hydroxyl groups excluding tert-OH is 1. The van der Waals surface area contributed by atoms with E-state index in [1.807, 2.05) is 45.6 Å². The van der Waals surface area contributed by atoms with E-state index in [1.165, 1.54) is 18.2 Å². The van der Waals surface area contributed by atoms with Crippen molar-refractivity contribution in [2.75, 3.05) is 23.7 Å². The Morgan fingerprint density at radius 1 is 1.24 bits per heavy atom. The highest BCUT2D eigenvalue weighted by molar-refractivity contribution is 6.34. The number of hydrogen-bond acceptors (Lipinski definition) is 8. The molecule has 0 aliphatic carbocycles. The summed E-state index contributed by atoms with van der Waals surface area (Å²) in [6, 6.07) is 7.67. The first-order valence-electron chi connectivity index (χ1n) is 13.9. The summed E-state index contributed by atoms with van der Waals surface area (Å²) in [5, 5.41) is 11.9. The highest BCUT2D eigenvalue weighted by Gasteiger charge is 2.40. The first-order chi connectivity index (χ1) is 19.9. The standard InChI is InChI=1S/C31H35ClFN7O2/c1-7-24(41)38-14-19(6)39(15-18(38)5)29-20-13-21(32)27(25-22(33)9-8-10-23(25)34)36-30(20)40(31(42)37-29)28-17(4)11-12-35-26(28)16(2)3/h7-13,16,18-19,31,42H,1,14-15,34H2,2-6H3. The lowest BCUT2D eigenvalue weighted by atomic mass is 10.0. The first kappa shape index (κ1) is 29.5. The molecule has 1 amide bonds. The number of pyridine rings is 2. The van der Waals surface area contributed by atoms with E-state index in [2.05, 4.69) is 11.6 Å². The maximum Gasteiger partial charge on any atom is 0.246 e. The van der Waals surface area contributed by atoms with Gasteiger partial charge in [-0.05, 0) is 62.6 Å². The number of aryl methyl sites for hydroxylation is 1. The zero-order valence-electron chi connectivity index (χ0n) is 24.3. The minimum atomic E-state index is -1.37. The third-order valence-electron chi connectivity index (χ3n) is 7.83. The molecule has 3 unspecified atom stereocenters. The topological polar surface area (TPSA) is 111 Å².